The van der Waals surface area contributed by atoms with E-state index in [1.807, 2.05) is 18.7 Å². The van der Waals surface area contributed by atoms with Gasteiger partial charge in [-0.1, -0.05) is 19.8 Å². The number of urea groups is 1. The molecule has 0 saturated heterocycles. The molecule has 2 amide bonds. The molecule has 0 aliphatic heterocycles. The van der Waals surface area contributed by atoms with E-state index in [1.54, 1.807) is 0 Å². The molecule has 0 radical (unpaired) electrons. The zero-order valence-electron chi connectivity index (χ0n) is 12.4. The number of carbonyl (C=O) groups excluding carboxylic acids is 1. The lowest BCUT2D eigenvalue weighted by Crippen LogP contribution is -2.44. The summed E-state index contributed by atoms with van der Waals surface area (Å²) >= 11 is 0. The van der Waals surface area contributed by atoms with Crippen LogP contribution in [-0.4, -0.2) is 41.1 Å². The zero-order valence-corrected chi connectivity index (χ0v) is 12.4. The first-order valence-electron chi connectivity index (χ1n) is 7.25. The smallest absolute Gasteiger partial charge is 0.317 e. The van der Waals surface area contributed by atoms with Crippen molar-refractivity contribution in [2.75, 3.05) is 13.1 Å². The van der Waals surface area contributed by atoms with Crippen molar-refractivity contribution in [1.82, 2.24) is 10.2 Å². The third-order valence-corrected chi connectivity index (χ3v) is 2.94. The van der Waals surface area contributed by atoms with Gasteiger partial charge in [-0.05, 0) is 33.1 Å². The standard InChI is InChI=1S/C14H28N2O3/c1-4-11-16(12(2)3)14(19)15-10-8-6-5-7-9-13(17)18/h12H,4-11H2,1-3H3,(H,15,19)(H,17,18). The zero-order chi connectivity index (χ0) is 14.7. The van der Waals surface area contributed by atoms with E-state index in [0.717, 1.165) is 38.6 Å². The third-order valence-electron chi connectivity index (χ3n) is 2.94. The van der Waals surface area contributed by atoms with Gasteiger partial charge in [-0.15, -0.1) is 0 Å². The number of hydrogen-bond acceptors (Lipinski definition) is 2. The lowest BCUT2D eigenvalue weighted by molar-refractivity contribution is -0.137. The molecule has 0 aromatic heterocycles. The van der Waals surface area contributed by atoms with Crippen LogP contribution in [0.5, 0.6) is 0 Å². The molecule has 0 aromatic carbocycles. The molecule has 0 unspecified atom stereocenters. The minimum absolute atomic E-state index is 0.00221. The Balaban J connectivity index is 3.64. The van der Waals surface area contributed by atoms with Gasteiger partial charge in [0.2, 0.25) is 0 Å². The maximum Gasteiger partial charge on any atom is 0.317 e. The summed E-state index contributed by atoms with van der Waals surface area (Å²) in [5.74, 6) is -0.736. The van der Waals surface area contributed by atoms with Gasteiger partial charge in [-0.3, -0.25) is 4.79 Å². The van der Waals surface area contributed by atoms with E-state index in [0.29, 0.717) is 6.54 Å². The second-order valence-corrected chi connectivity index (χ2v) is 5.08. The topological polar surface area (TPSA) is 69.6 Å². The van der Waals surface area contributed by atoms with Crippen molar-refractivity contribution in [3.05, 3.63) is 0 Å². The Labute approximate surface area is 116 Å². The number of carboxylic acids is 1. The number of carbonyl (C=O) groups is 2. The Morgan fingerprint density at radius 1 is 1.16 bits per heavy atom. The highest BCUT2D eigenvalue weighted by Gasteiger charge is 2.14. The monoisotopic (exact) mass is 272 g/mol. The van der Waals surface area contributed by atoms with Crippen molar-refractivity contribution in [2.45, 2.75) is 65.3 Å². The van der Waals surface area contributed by atoms with E-state index >= 15 is 0 Å². The molecule has 0 atom stereocenters. The fraction of sp³-hybridized carbons (Fsp3) is 0.857. The van der Waals surface area contributed by atoms with Crippen LogP contribution >= 0.6 is 0 Å². The first-order valence-corrected chi connectivity index (χ1v) is 7.25. The normalized spacial score (nSPS) is 10.5. The van der Waals surface area contributed by atoms with Crippen molar-refractivity contribution in [3.8, 4) is 0 Å². The lowest BCUT2D eigenvalue weighted by Gasteiger charge is -2.26. The Bertz CT molecular complexity index is 267. The Hall–Kier alpha value is -1.26. The summed E-state index contributed by atoms with van der Waals surface area (Å²) in [6.07, 6.45) is 4.69. The second kappa shape index (κ2) is 10.6. The van der Waals surface area contributed by atoms with Crippen molar-refractivity contribution in [1.29, 1.82) is 0 Å². The quantitative estimate of drug-likeness (QED) is 0.601. The van der Waals surface area contributed by atoms with Crippen LogP contribution in [0, 0.1) is 0 Å². The molecule has 19 heavy (non-hydrogen) atoms. The molecule has 0 aliphatic rings. The Morgan fingerprint density at radius 3 is 2.32 bits per heavy atom. The highest BCUT2D eigenvalue weighted by atomic mass is 16.4. The van der Waals surface area contributed by atoms with Crippen molar-refractivity contribution in [2.24, 2.45) is 0 Å². The molecule has 0 rings (SSSR count). The number of amides is 2. The van der Waals surface area contributed by atoms with Gasteiger partial charge in [-0.2, -0.15) is 0 Å². The molecule has 5 nitrogen and oxygen atoms in total. The van der Waals surface area contributed by atoms with Gasteiger partial charge in [0.25, 0.3) is 0 Å². The molecule has 0 aromatic rings. The van der Waals surface area contributed by atoms with Gasteiger partial charge in [0, 0.05) is 25.6 Å². The molecule has 5 heteroatoms. The van der Waals surface area contributed by atoms with Crippen molar-refractivity contribution in [3.63, 3.8) is 0 Å². The highest BCUT2D eigenvalue weighted by molar-refractivity contribution is 5.74. The summed E-state index contributed by atoms with van der Waals surface area (Å²) in [5.41, 5.74) is 0. The van der Waals surface area contributed by atoms with Crippen LogP contribution in [0.3, 0.4) is 0 Å². The summed E-state index contributed by atoms with van der Waals surface area (Å²) in [5, 5.41) is 11.4. The maximum atomic E-state index is 11.9. The van der Waals surface area contributed by atoms with E-state index in [1.165, 1.54) is 0 Å². The molecule has 112 valence electrons. The van der Waals surface area contributed by atoms with E-state index in [4.69, 9.17) is 5.11 Å². The number of hydrogen-bond donors (Lipinski definition) is 2. The summed E-state index contributed by atoms with van der Waals surface area (Å²) in [4.78, 5) is 24.0. The summed E-state index contributed by atoms with van der Waals surface area (Å²) in [7, 11) is 0. The van der Waals surface area contributed by atoms with Crippen LogP contribution in [0.1, 0.15) is 59.3 Å². The first-order chi connectivity index (χ1) is 8.99. The van der Waals surface area contributed by atoms with Gasteiger partial charge in [0.1, 0.15) is 0 Å². The highest BCUT2D eigenvalue weighted by Crippen LogP contribution is 2.03. The van der Waals surface area contributed by atoms with Crippen LogP contribution in [0.4, 0.5) is 4.79 Å². The van der Waals surface area contributed by atoms with Crippen molar-refractivity contribution >= 4 is 12.0 Å². The fourth-order valence-corrected chi connectivity index (χ4v) is 1.89. The average molecular weight is 272 g/mol. The minimum atomic E-state index is -0.736. The molecule has 0 heterocycles. The molecule has 2 N–H and O–H groups in total. The van der Waals surface area contributed by atoms with Crippen molar-refractivity contribution < 1.29 is 14.7 Å². The lowest BCUT2D eigenvalue weighted by atomic mass is 10.1. The Morgan fingerprint density at radius 2 is 1.79 bits per heavy atom. The third kappa shape index (κ3) is 9.33. The summed E-state index contributed by atoms with van der Waals surface area (Å²) in [6, 6.07) is 0.220. The molecule has 0 saturated carbocycles. The minimum Gasteiger partial charge on any atom is -0.481 e. The fourth-order valence-electron chi connectivity index (χ4n) is 1.89. The predicted octanol–water partition coefficient (Wildman–Crippen LogP) is 2.85. The molecule has 0 bridgehead atoms. The molecular formula is C14H28N2O3. The molecule has 0 aliphatic carbocycles. The van der Waals surface area contributed by atoms with E-state index in [2.05, 4.69) is 12.2 Å². The van der Waals surface area contributed by atoms with Crippen LogP contribution in [0.15, 0.2) is 0 Å². The Kier molecular flexibility index (Phi) is 9.94. The van der Waals surface area contributed by atoms with E-state index in [9.17, 15) is 9.59 Å². The van der Waals surface area contributed by atoms with Gasteiger partial charge < -0.3 is 15.3 Å². The van der Waals surface area contributed by atoms with Gasteiger partial charge in [0.15, 0.2) is 0 Å². The number of unbranched alkanes of at least 4 members (excludes halogenated alkanes) is 3. The molecule has 0 spiro atoms. The van der Waals surface area contributed by atoms with Gasteiger partial charge >= 0.3 is 12.0 Å². The van der Waals surface area contributed by atoms with Gasteiger partial charge in [-0.25, -0.2) is 4.79 Å². The second-order valence-electron chi connectivity index (χ2n) is 5.08. The van der Waals surface area contributed by atoms with Crippen LogP contribution < -0.4 is 5.32 Å². The molecule has 0 fully saturated rings. The number of aliphatic carboxylic acids is 1. The number of nitrogens with one attached hydrogen (secondary N) is 1. The molecular weight excluding hydrogens is 244 g/mol. The average Bonchev–Trinajstić information content (AvgIpc) is 2.33. The summed E-state index contributed by atoms with van der Waals surface area (Å²) in [6.45, 7) is 7.54. The number of nitrogens with zero attached hydrogens (tertiary/aromatic N) is 1. The largest absolute Gasteiger partial charge is 0.481 e. The SMILES string of the molecule is CCCN(C(=O)NCCCCCCC(=O)O)C(C)C. The number of carboxylic acid groups (broad SMARTS) is 1. The first kappa shape index (κ1) is 17.7. The predicted molar refractivity (Wildman–Crippen MR) is 76.3 cm³/mol. The maximum absolute atomic E-state index is 11.9. The van der Waals surface area contributed by atoms with Crippen LogP contribution in [-0.2, 0) is 4.79 Å². The van der Waals surface area contributed by atoms with Crippen LogP contribution in [0.25, 0.3) is 0 Å². The number of rotatable bonds is 10. The van der Waals surface area contributed by atoms with Crippen LogP contribution in [0.2, 0.25) is 0 Å². The van der Waals surface area contributed by atoms with Gasteiger partial charge in [0.05, 0.1) is 0 Å². The summed E-state index contributed by atoms with van der Waals surface area (Å²) < 4.78 is 0. The van der Waals surface area contributed by atoms with E-state index in [-0.39, 0.29) is 18.5 Å². The van der Waals surface area contributed by atoms with E-state index < -0.39 is 5.97 Å².